The fourth-order valence-electron chi connectivity index (χ4n) is 1.32. The van der Waals surface area contributed by atoms with Crippen LogP contribution in [0.3, 0.4) is 0 Å². The Morgan fingerprint density at radius 2 is 1.87 bits per heavy atom. The molecule has 0 aliphatic heterocycles. The number of aliphatic hydroxyl groups is 1. The second-order valence-electron chi connectivity index (χ2n) is 4.58. The topological polar surface area (TPSA) is 37.3 Å². The number of benzene rings is 1. The molecule has 0 fully saturated rings. The summed E-state index contributed by atoms with van der Waals surface area (Å²) in [7, 11) is 0. The van der Waals surface area contributed by atoms with Crippen molar-refractivity contribution in [1.29, 1.82) is 0 Å². The molecule has 0 heterocycles. The zero-order valence-corrected chi connectivity index (χ0v) is 9.79. The molecule has 2 heteroatoms. The SMILES string of the molecule is Cc1ccc(CC(=O)C(C)(C)O)cc1C. The van der Waals surface area contributed by atoms with Gasteiger partial charge in [0, 0.05) is 6.42 Å². The maximum absolute atomic E-state index is 11.6. The summed E-state index contributed by atoms with van der Waals surface area (Å²) in [5.74, 6) is -0.147. The highest BCUT2D eigenvalue weighted by Crippen LogP contribution is 2.13. The van der Waals surface area contributed by atoms with Crippen LogP contribution >= 0.6 is 0 Å². The molecule has 1 rings (SSSR count). The van der Waals surface area contributed by atoms with Crippen LogP contribution < -0.4 is 0 Å². The van der Waals surface area contributed by atoms with Crippen LogP contribution in [0.1, 0.15) is 30.5 Å². The molecular weight excluding hydrogens is 188 g/mol. The van der Waals surface area contributed by atoms with Gasteiger partial charge in [0.2, 0.25) is 0 Å². The molecule has 2 nitrogen and oxygen atoms in total. The summed E-state index contributed by atoms with van der Waals surface area (Å²) in [6.07, 6.45) is 0.296. The van der Waals surface area contributed by atoms with Gasteiger partial charge in [0.1, 0.15) is 5.60 Å². The summed E-state index contributed by atoms with van der Waals surface area (Å²) >= 11 is 0. The van der Waals surface area contributed by atoms with E-state index in [2.05, 4.69) is 0 Å². The number of hydrogen-bond acceptors (Lipinski definition) is 2. The number of carbonyl (C=O) groups excluding carboxylic acids is 1. The van der Waals surface area contributed by atoms with Crippen molar-refractivity contribution in [1.82, 2.24) is 0 Å². The molecule has 0 aliphatic rings. The first-order chi connectivity index (χ1) is 6.80. The molecule has 0 amide bonds. The van der Waals surface area contributed by atoms with E-state index in [1.807, 2.05) is 32.0 Å². The van der Waals surface area contributed by atoms with Crippen molar-refractivity contribution in [2.75, 3.05) is 0 Å². The van der Waals surface area contributed by atoms with Gasteiger partial charge in [0.15, 0.2) is 5.78 Å². The van der Waals surface area contributed by atoms with Gasteiger partial charge in [-0.3, -0.25) is 4.79 Å². The normalized spacial score (nSPS) is 11.5. The quantitative estimate of drug-likeness (QED) is 0.823. The summed E-state index contributed by atoms with van der Waals surface area (Å²) in [5, 5.41) is 9.52. The van der Waals surface area contributed by atoms with Crippen LogP contribution in [0.25, 0.3) is 0 Å². The largest absolute Gasteiger partial charge is 0.383 e. The van der Waals surface area contributed by atoms with Crippen molar-refractivity contribution in [3.05, 3.63) is 34.9 Å². The Balaban J connectivity index is 2.83. The van der Waals surface area contributed by atoms with Gasteiger partial charge in [-0.15, -0.1) is 0 Å². The van der Waals surface area contributed by atoms with Gasteiger partial charge in [-0.25, -0.2) is 0 Å². The minimum Gasteiger partial charge on any atom is -0.383 e. The van der Waals surface area contributed by atoms with Crippen molar-refractivity contribution < 1.29 is 9.90 Å². The van der Waals surface area contributed by atoms with Crippen molar-refractivity contribution in [2.24, 2.45) is 0 Å². The smallest absolute Gasteiger partial charge is 0.168 e. The van der Waals surface area contributed by atoms with Crippen molar-refractivity contribution >= 4 is 5.78 Å². The number of carbonyl (C=O) groups is 1. The minimum atomic E-state index is -1.24. The number of aryl methyl sites for hydroxylation is 2. The Kier molecular flexibility index (Phi) is 3.30. The van der Waals surface area contributed by atoms with Gasteiger partial charge in [-0.1, -0.05) is 18.2 Å². The Morgan fingerprint density at radius 1 is 1.27 bits per heavy atom. The van der Waals surface area contributed by atoms with E-state index in [0.717, 1.165) is 5.56 Å². The predicted molar refractivity (Wildman–Crippen MR) is 60.9 cm³/mol. The lowest BCUT2D eigenvalue weighted by molar-refractivity contribution is -0.133. The summed E-state index contributed by atoms with van der Waals surface area (Å²) in [6, 6.07) is 5.94. The number of Topliss-reactive ketones (excluding diaryl/α,β-unsaturated/α-hetero) is 1. The maximum Gasteiger partial charge on any atom is 0.168 e. The number of rotatable bonds is 3. The van der Waals surface area contributed by atoms with Crippen molar-refractivity contribution in [3.63, 3.8) is 0 Å². The summed E-state index contributed by atoms with van der Waals surface area (Å²) < 4.78 is 0. The average Bonchev–Trinajstić information content (AvgIpc) is 2.10. The molecule has 15 heavy (non-hydrogen) atoms. The van der Waals surface area contributed by atoms with Crippen LogP contribution in [0, 0.1) is 13.8 Å². The van der Waals surface area contributed by atoms with Gasteiger partial charge >= 0.3 is 0 Å². The summed E-state index contributed by atoms with van der Waals surface area (Å²) in [4.78, 5) is 11.6. The highest BCUT2D eigenvalue weighted by molar-refractivity contribution is 5.88. The van der Waals surface area contributed by atoms with Crippen molar-refractivity contribution in [3.8, 4) is 0 Å². The monoisotopic (exact) mass is 206 g/mol. The standard InChI is InChI=1S/C13H18O2/c1-9-5-6-11(7-10(9)2)8-12(14)13(3,4)15/h5-7,15H,8H2,1-4H3. The second kappa shape index (κ2) is 4.15. The highest BCUT2D eigenvalue weighted by atomic mass is 16.3. The Hall–Kier alpha value is -1.15. The van der Waals surface area contributed by atoms with Crippen LogP contribution in [0.5, 0.6) is 0 Å². The fourth-order valence-corrected chi connectivity index (χ4v) is 1.32. The first-order valence-corrected chi connectivity index (χ1v) is 5.12. The van der Waals surface area contributed by atoms with E-state index in [-0.39, 0.29) is 5.78 Å². The highest BCUT2D eigenvalue weighted by Gasteiger charge is 2.23. The van der Waals surface area contributed by atoms with Crippen molar-refractivity contribution in [2.45, 2.75) is 39.7 Å². The van der Waals surface area contributed by atoms with Crippen LogP contribution in [-0.2, 0) is 11.2 Å². The Morgan fingerprint density at radius 3 is 2.33 bits per heavy atom. The number of hydrogen-bond donors (Lipinski definition) is 1. The molecular formula is C13H18O2. The molecule has 0 aromatic heterocycles. The molecule has 1 N–H and O–H groups in total. The van der Waals surface area contributed by atoms with Crippen LogP contribution in [0.15, 0.2) is 18.2 Å². The van der Waals surface area contributed by atoms with Gasteiger partial charge in [0.25, 0.3) is 0 Å². The van der Waals surface area contributed by atoms with Crippen LogP contribution in [-0.4, -0.2) is 16.5 Å². The van der Waals surface area contributed by atoms with Gasteiger partial charge in [0.05, 0.1) is 0 Å². The van der Waals surface area contributed by atoms with E-state index < -0.39 is 5.60 Å². The van der Waals surface area contributed by atoms with Gasteiger partial charge in [-0.2, -0.15) is 0 Å². The van der Waals surface area contributed by atoms with E-state index in [4.69, 9.17) is 0 Å². The molecule has 1 aromatic rings. The molecule has 1 aromatic carbocycles. The molecule has 0 radical (unpaired) electrons. The molecule has 0 atom stereocenters. The molecule has 0 saturated heterocycles. The third-order valence-electron chi connectivity index (χ3n) is 2.62. The molecule has 0 saturated carbocycles. The molecule has 0 aliphatic carbocycles. The zero-order chi connectivity index (χ0) is 11.6. The first kappa shape index (κ1) is 11.9. The van der Waals surface area contributed by atoms with E-state index in [0.29, 0.717) is 6.42 Å². The second-order valence-corrected chi connectivity index (χ2v) is 4.58. The van der Waals surface area contributed by atoms with E-state index >= 15 is 0 Å². The lowest BCUT2D eigenvalue weighted by Gasteiger charge is -2.15. The number of ketones is 1. The summed E-state index contributed by atoms with van der Waals surface area (Å²) in [6.45, 7) is 7.11. The molecule has 0 unspecified atom stereocenters. The average molecular weight is 206 g/mol. The maximum atomic E-state index is 11.6. The van der Waals surface area contributed by atoms with E-state index in [9.17, 15) is 9.90 Å². The predicted octanol–water partition coefficient (Wildman–Crippen LogP) is 2.19. The lowest BCUT2D eigenvalue weighted by Crippen LogP contribution is -2.32. The fraction of sp³-hybridized carbons (Fsp3) is 0.462. The lowest BCUT2D eigenvalue weighted by atomic mass is 9.95. The van der Waals surface area contributed by atoms with Gasteiger partial charge in [-0.05, 0) is 44.4 Å². The third kappa shape index (κ3) is 3.17. The molecule has 0 bridgehead atoms. The minimum absolute atomic E-state index is 0.147. The van der Waals surface area contributed by atoms with E-state index in [1.165, 1.54) is 25.0 Å². The molecule has 82 valence electrons. The van der Waals surface area contributed by atoms with E-state index in [1.54, 1.807) is 0 Å². The Labute approximate surface area is 90.9 Å². The van der Waals surface area contributed by atoms with Crippen LogP contribution in [0.4, 0.5) is 0 Å². The zero-order valence-electron chi connectivity index (χ0n) is 9.79. The Bertz CT molecular complexity index is 373. The third-order valence-corrected chi connectivity index (χ3v) is 2.62. The molecule has 0 spiro atoms. The van der Waals surface area contributed by atoms with Gasteiger partial charge < -0.3 is 5.11 Å². The first-order valence-electron chi connectivity index (χ1n) is 5.12. The summed E-state index contributed by atoms with van der Waals surface area (Å²) in [5.41, 5.74) is 2.12. The van der Waals surface area contributed by atoms with Crippen LogP contribution in [0.2, 0.25) is 0 Å².